The Hall–Kier alpha value is -3.13. The number of hydrogen-bond donors (Lipinski definition) is 2. The van der Waals surface area contributed by atoms with Crippen molar-refractivity contribution < 1.29 is 19.4 Å². The molecule has 3 heterocycles. The molecule has 2 N–H and O–H groups in total. The number of aromatic hydroxyl groups is 1. The van der Waals surface area contributed by atoms with Crippen molar-refractivity contribution in [3.63, 3.8) is 0 Å². The van der Waals surface area contributed by atoms with Gasteiger partial charge >= 0.3 is 0 Å². The zero-order valence-corrected chi connectivity index (χ0v) is 14.7. The van der Waals surface area contributed by atoms with Gasteiger partial charge in [-0.25, -0.2) is 0 Å². The summed E-state index contributed by atoms with van der Waals surface area (Å²) in [6.45, 7) is 2.73. The van der Waals surface area contributed by atoms with Crippen LogP contribution in [0.1, 0.15) is 33.3 Å². The maximum absolute atomic E-state index is 12.7. The second kappa shape index (κ2) is 6.55. The zero-order valence-electron chi connectivity index (χ0n) is 14.7. The van der Waals surface area contributed by atoms with Gasteiger partial charge < -0.3 is 24.6 Å². The van der Waals surface area contributed by atoms with Gasteiger partial charge in [-0.15, -0.1) is 0 Å². The Morgan fingerprint density at radius 1 is 1.30 bits per heavy atom. The van der Waals surface area contributed by atoms with E-state index in [0.29, 0.717) is 6.61 Å². The maximum Gasteiger partial charge on any atom is 0.276 e. The molecule has 8 heteroatoms. The van der Waals surface area contributed by atoms with Crippen LogP contribution in [0.15, 0.2) is 41.3 Å². The van der Waals surface area contributed by atoms with Crippen LogP contribution in [0.25, 0.3) is 0 Å². The van der Waals surface area contributed by atoms with Gasteiger partial charge in [0, 0.05) is 12.7 Å². The first-order chi connectivity index (χ1) is 13.0. The zero-order chi connectivity index (χ0) is 19.1. The summed E-state index contributed by atoms with van der Waals surface area (Å²) in [5, 5.41) is 13.0. The highest BCUT2D eigenvalue weighted by atomic mass is 16.5. The summed E-state index contributed by atoms with van der Waals surface area (Å²) in [5.74, 6) is -1.78. The van der Waals surface area contributed by atoms with Crippen LogP contribution in [0, 0.1) is 0 Å². The van der Waals surface area contributed by atoms with Crippen molar-refractivity contribution in [2.45, 2.75) is 32.3 Å². The van der Waals surface area contributed by atoms with Crippen LogP contribution >= 0.6 is 0 Å². The Kier molecular flexibility index (Phi) is 4.19. The fourth-order valence-electron chi connectivity index (χ4n) is 3.51. The number of aromatic nitrogens is 1. The standard InChI is InChI=1S/C19H19N3O5/c1-11-10-27-14-9-21-8-13(16(23)17(24)15(21)19(26)22(11)14)18(25)20-7-12-5-3-2-4-6-12/h2-6,8,11,14,24H,7,9-10H2,1H3,(H,20,25)/t11-,14+/m0/s1. The minimum Gasteiger partial charge on any atom is -0.503 e. The van der Waals surface area contributed by atoms with Gasteiger partial charge in [0.05, 0.1) is 19.2 Å². The van der Waals surface area contributed by atoms with Gasteiger partial charge in [-0.05, 0) is 12.5 Å². The fourth-order valence-corrected chi connectivity index (χ4v) is 3.51. The average molecular weight is 369 g/mol. The van der Waals surface area contributed by atoms with Crippen LogP contribution in [0.5, 0.6) is 5.75 Å². The highest BCUT2D eigenvalue weighted by Crippen LogP contribution is 2.29. The van der Waals surface area contributed by atoms with Gasteiger partial charge in [0.15, 0.2) is 17.7 Å². The van der Waals surface area contributed by atoms with E-state index in [1.165, 1.54) is 15.7 Å². The van der Waals surface area contributed by atoms with E-state index >= 15 is 0 Å². The molecule has 2 amide bonds. The summed E-state index contributed by atoms with van der Waals surface area (Å²) >= 11 is 0. The predicted octanol–water partition coefficient (Wildman–Crippen LogP) is 0.684. The van der Waals surface area contributed by atoms with Crippen molar-refractivity contribution in [1.82, 2.24) is 14.8 Å². The molecule has 2 aliphatic heterocycles. The smallest absolute Gasteiger partial charge is 0.276 e. The molecule has 0 spiro atoms. The molecule has 1 aromatic carbocycles. The lowest BCUT2D eigenvalue weighted by atomic mass is 10.1. The first kappa shape index (κ1) is 17.3. The SMILES string of the molecule is C[C@H]1CO[C@@H]2Cn3cc(C(=O)NCc4ccccc4)c(=O)c(O)c3C(=O)N12. The van der Waals surface area contributed by atoms with E-state index in [0.717, 1.165) is 5.56 Å². The van der Waals surface area contributed by atoms with Crippen LogP contribution in [-0.4, -0.2) is 45.3 Å². The molecule has 0 saturated carbocycles. The lowest BCUT2D eigenvalue weighted by Crippen LogP contribution is -2.49. The third-order valence-electron chi connectivity index (χ3n) is 4.90. The molecule has 4 rings (SSSR count). The van der Waals surface area contributed by atoms with Gasteiger partial charge in [0.25, 0.3) is 11.8 Å². The van der Waals surface area contributed by atoms with E-state index in [1.54, 1.807) is 0 Å². The third kappa shape index (κ3) is 2.87. The third-order valence-corrected chi connectivity index (χ3v) is 4.90. The summed E-state index contributed by atoms with van der Waals surface area (Å²) in [6.07, 6.45) is 0.849. The molecule has 1 fully saturated rings. The molecule has 2 aromatic rings. The number of hydrogen-bond acceptors (Lipinski definition) is 5. The summed E-state index contributed by atoms with van der Waals surface area (Å²) in [6, 6.07) is 9.12. The number of carbonyl (C=O) groups is 2. The van der Waals surface area contributed by atoms with Crippen molar-refractivity contribution in [1.29, 1.82) is 0 Å². The molecule has 140 valence electrons. The number of benzene rings is 1. The van der Waals surface area contributed by atoms with E-state index in [1.807, 2.05) is 37.3 Å². The van der Waals surface area contributed by atoms with E-state index < -0.39 is 29.2 Å². The second-order valence-corrected chi connectivity index (χ2v) is 6.74. The Morgan fingerprint density at radius 3 is 2.78 bits per heavy atom. The lowest BCUT2D eigenvalue weighted by molar-refractivity contribution is 0.00625. The van der Waals surface area contributed by atoms with Crippen LogP contribution in [0.2, 0.25) is 0 Å². The van der Waals surface area contributed by atoms with Crippen molar-refractivity contribution in [3.8, 4) is 5.75 Å². The first-order valence-corrected chi connectivity index (χ1v) is 8.70. The summed E-state index contributed by atoms with van der Waals surface area (Å²) in [7, 11) is 0. The molecule has 0 aliphatic carbocycles. The molecule has 0 unspecified atom stereocenters. The number of nitrogens with one attached hydrogen (secondary N) is 1. The molecular weight excluding hydrogens is 350 g/mol. The molecule has 0 radical (unpaired) electrons. The van der Waals surface area contributed by atoms with Crippen molar-refractivity contribution >= 4 is 11.8 Å². The molecular formula is C19H19N3O5. The molecule has 1 saturated heterocycles. The van der Waals surface area contributed by atoms with Gasteiger partial charge in [-0.3, -0.25) is 14.4 Å². The first-order valence-electron chi connectivity index (χ1n) is 8.70. The van der Waals surface area contributed by atoms with Gasteiger partial charge in [0.1, 0.15) is 5.56 Å². The number of fused-ring (bicyclic) bond motifs is 2. The van der Waals surface area contributed by atoms with E-state index in [-0.39, 0.29) is 30.4 Å². The fraction of sp³-hybridized carbons (Fsp3) is 0.316. The number of ether oxygens (including phenoxy) is 1. The van der Waals surface area contributed by atoms with E-state index in [9.17, 15) is 19.5 Å². The number of amides is 2. The second-order valence-electron chi connectivity index (χ2n) is 6.74. The molecule has 0 bridgehead atoms. The average Bonchev–Trinajstić information content (AvgIpc) is 3.04. The highest BCUT2D eigenvalue weighted by Gasteiger charge is 2.42. The molecule has 1 aromatic heterocycles. The monoisotopic (exact) mass is 369 g/mol. The van der Waals surface area contributed by atoms with Crippen molar-refractivity contribution in [3.05, 3.63) is 63.6 Å². The summed E-state index contributed by atoms with van der Waals surface area (Å²) < 4.78 is 7.02. The highest BCUT2D eigenvalue weighted by molar-refractivity contribution is 5.99. The Morgan fingerprint density at radius 2 is 2.04 bits per heavy atom. The van der Waals surface area contributed by atoms with E-state index in [4.69, 9.17) is 4.74 Å². The minimum atomic E-state index is -0.855. The van der Waals surface area contributed by atoms with Crippen LogP contribution < -0.4 is 10.7 Å². The van der Waals surface area contributed by atoms with Crippen LogP contribution in [-0.2, 0) is 17.8 Å². The Bertz CT molecular complexity index is 969. The Balaban J connectivity index is 1.64. The number of rotatable bonds is 3. The number of pyridine rings is 1. The molecule has 2 aliphatic rings. The van der Waals surface area contributed by atoms with Crippen LogP contribution in [0.4, 0.5) is 0 Å². The van der Waals surface area contributed by atoms with Gasteiger partial charge in [-0.1, -0.05) is 30.3 Å². The largest absolute Gasteiger partial charge is 0.503 e. The van der Waals surface area contributed by atoms with E-state index in [2.05, 4.69) is 5.32 Å². The van der Waals surface area contributed by atoms with Crippen molar-refractivity contribution in [2.24, 2.45) is 0 Å². The maximum atomic E-state index is 12.7. The lowest BCUT2D eigenvalue weighted by Gasteiger charge is -2.33. The summed E-state index contributed by atoms with van der Waals surface area (Å²) in [5.41, 5.74) is -0.286. The topological polar surface area (TPSA) is 101 Å². The number of nitrogens with zero attached hydrogens (tertiary/aromatic N) is 2. The van der Waals surface area contributed by atoms with Gasteiger partial charge in [0.2, 0.25) is 5.43 Å². The molecule has 27 heavy (non-hydrogen) atoms. The summed E-state index contributed by atoms with van der Waals surface area (Å²) in [4.78, 5) is 39.2. The predicted molar refractivity (Wildman–Crippen MR) is 95.4 cm³/mol. The Labute approximate surface area is 155 Å². The van der Waals surface area contributed by atoms with Gasteiger partial charge in [-0.2, -0.15) is 0 Å². The van der Waals surface area contributed by atoms with Crippen molar-refractivity contribution in [2.75, 3.05) is 6.61 Å². The molecule has 2 atom stereocenters. The minimum absolute atomic E-state index is 0.104. The van der Waals surface area contributed by atoms with Crippen LogP contribution in [0.3, 0.4) is 0 Å². The normalized spacial score (nSPS) is 20.9. The quantitative estimate of drug-likeness (QED) is 0.829. The molecule has 8 nitrogen and oxygen atoms in total. The number of carbonyl (C=O) groups excluding carboxylic acids is 2.